The van der Waals surface area contributed by atoms with Gasteiger partial charge in [0.05, 0.1) is 6.61 Å². The highest BCUT2D eigenvalue weighted by Gasteiger charge is 2.37. The van der Waals surface area contributed by atoms with E-state index in [9.17, 15) is 19.5 Å². The van der Waals surface area contributed by atoms with E-state index in [1.54, 1.807) is 0 Å². The van der Waals surface area contributed by atoms with Crippen LogP contribution in [-0.2, 0) is 22.4 Å². The van der Waals surface area contributed by atoms with Crippen molar-refractivity contribution in [2.24, 2.45) is 5.92 Å². The molecule has 1 aromatic heterocycles. The molecule has 1 saturated heterocycles. The summed E-state index contributed by atoms with van der Waals surface area (Å²) in [5.41, 5.74) is 5.35. The van der Waals surface area contributed by atoms with Crippen molar-refractivity contribution >= 4 is 17.7 Å². The van der Waals surface area contributed by atoms with E-state index in [2.05, 4.69) is 23.8 Å². The predicted molar refractivity (Wildman–Crippen MR) is 196 cm³/mol. The SMILES string of the molecule is CCCCCCCOc1ccc(-c2cnc(-c3ccc(C[C@H](CC(=O)c4ccc(CCC)cc4)C(=O)N4CCC[C@H]4C(=O)O)cc3)nc2)cc1. The van der Waals surface area contributed by atoms with Crippen molar-refractivity contribution in [3.05, 3.63) is 102 Å². The smallest absolute Gasteiger partial charge is 0.326 e. The van der Waals surface area contributed by atoms with Gasteiger partial charge in [0.1, 0.15) is 11.8 Å². The molecule has 0 saturated carbocycles. The molecule has 4 aromatic rings. The number of hydrogen-bond acceptors (Lipinski definition) is 6. The van der Waals surface area contributed by atoms with Gasteiger partial charge < -0.3 is 14.7 Å². The molecule has 8 nitrogen and oxygen atoms in total. The molecule has 1 N–H and O–H groups in total. The quantitative estimate of drug-likeness (QED) is 0.0831. The summed E-state index contributed by atoms with van der Waals surface area (Å²) in [4.78, 5) is 49.8. The predicted octanol–water partition coefficient (Wildman–Crippen LogP) is 8.62. The highest BCUT2D eigenvalue weighted by Crippen LogP contribution is 2.27. The van der Waals surface area contributed by atoms with E-state index in [1.807, 2.05) is 85.2 Å². The van der Waals surface area contributed by atoms with Gasteiger partial charge >= 0.3 is 5.97 Å². The van der Waals surface area contributed by atoms with E-state index in [0.29, 0.717) is 37.2 Å². The number of carboxylic acids is 1. The van der Waals surface area contributed by atoms with Gasteiger partial charge in [-0.15, -0.1) is 0 Å². The Bertz CT molecular complexity index is 1690. The molecule has 2 atom stereocenters. The number of rotatable bonds is 18. The third-order valence-electron chi connectivity index (χ3n) is 9.47. The van der Waals surface area contributed by atoms with Crippen LogP contribution in [0.5, 0.6) is 5.75 Å². The number of carbonyl (C=O) groups excluding carboxylic acids is 2. The maximum Gasteiger partial charge on any atom is 0.326 e. The number of nitrogens with zero attached hydrogens (tertiary/aromatic N) is 3. The number of aryl methyl sites for hydroxylation is 1. The number of benzene rings is 3. The van der Waals surface area contributed by atoms with Gasteiger partial charge in [0.2, 0.25) is 5.91 Å². The monoisotopic (exact) mass is 675 g/mol. The number of aliphatic carboxylic acids is 1. The molecular formula is C42H49N3O5. The lowest BCUT2D eigenvalue weighted by Crippen LogP contribution is -2.44. The van der Waals surface area contributed by atoms with Gasteiger partial charge in [0, 0.05) is 48.0 Å². The minimum absolute atomic E-state index is 0.00722. The fourth-order valence-electron chi connectivity index (χ4n) is 6.60. The molecule has 2 heterocycles. The van der Waals surface area contributed by atoms with E-state index in [0.717, 1.165) is 53.9 Å². The molecule has 0 aliphatic carbocycles. The first-order chi connectivity index (χ1) is 24.4. The zero-order chi connectivity index (χ0) is 35.3. The summed E-state index contributed by atoms with van der Waals surface area (Å²) in [7, 11) is 0. The van der Waals surface area contributed by atoms with Gasteiger partial charge in [-0.25, -0.2) is 14.8 Å². The minimum Gasteiger partial charge on any atom is -0.494 e. The van der Waals surface area contributed by atoms with Gasteiger partial charge in [0.25, 0.3) is 0 Å². The summed E-state index contributed by atoms with van der Waals surface area (Å²) in [6.07, 6.45) is 13.0. The lowest BCUT2D eigenvalue weighted by Gasteiger charge is -2.26. The van der Waals surface area contributed by atoms with Crippen molar-refractivity contribution in [2.75, 3.05) is 13.2 Å². The van der Waals surface area contributed by atoms with E-state index >= 15 is 0 Å². The van der Waals surface area contributed by atoms with E-state index < -0.39 is 17.9 Å². The lowest BCUT2D eigenvalue weighted by atomic mass is 9.90. The summed E-state index contributed by atoms with van der Waals surface area (Å²) in [5.74, 6) is -0.644. The number of unbranched alkanes of at least 4 members (excludes halogenated alkanes) is 4. The second-order valence-corrected chi connectivity index (χ2v) is 13.3. The molecule has 8 heteroatoms. The Labute approximate surface area is 295 Å². The summed E-state index contributed by atoms with van der Waals surface area (Å²) in [6.45, 7) is 5.44. The second kappa shape index (κ2) is 18.2. The van der Waals surface area contributed by atoms with E-state index in [1.165, 1.54) is 36.1 Å². The van der Waals surface area contributed by atoms with Crippen molar-refractivity contribution in [2.45, 2.75) is 90.5 Å². The molecule has 50 heavy (non-hydrogen) atoms. The Morgan fingerprint density at radius 1 is 0.800 bits per heavy atom. The molecule has 0 spiro atoms. The fraction of sp³-hybridized carbons (Fsp3) is 0.405. The van der Waals surface area contributed by atoms with Crippen molar-refractivity contribution in [3.8, 4) is 28.3 Å². The minimum atomic E-state index is -1.00. The first-order valence-corrected chi connectivity index (χ1v) is 18.2. The fourth-order valence-corrected chi connectivity index (χ4v) is 6.60. The molecule has 1 aliphatic heterocycles. The Balaban J connectivity index is 1.24. The molecule has 1 aliphatic rings. The second-order valence-electron chi connectivity index (χ2n) is 13.3. The Morgan fingerprint density at radius 3 is 2.12 bits per heavy atom. The van der Waals surface area contributed by atoms with Crippen molar-refractivity contribution in [1.29, 1.82) is 0 Å². The van der Waals surface area contributed by atoms with Crippen LogP contribution in [0.1, 0.15) is 93.1 Å². The molecule has 262 valence electrons. The zero-order valence-corrected chi connectivity index (χ0v) is 29.4. The van der Waals surface area contributed by atoms with Gasteiger partial charge in [-0.2, -0.15) is 0 Å². The molecular weight excluding hydrogens is 626 g/mol. The number of Topliss-reactive ketones (excluding diaryl/α,β-unsaturated/α-hetero) is 1. The summed E-state index contributed by atoms with van der Waals surface area (Å²) in [6, 6.07) is 22.4. The van der Waals surface area contributed by atoms with E-state index in [-0.39, 0.29) is 18.1 Å². The standard InChI is InChI=1S/C42H49N3O5/c1-3-5-6-7-8-25-50-37-22-20-32(21-23-37)36-28-43-40(44-29-36)34-18-14-31(15-19-34)26-35(41(47)45-24-9-11-38(45)42(48)49)27-39(46)33-16-12-30(10-4-2)13-17-33/h12-23,28-29,35,38H,3-11,24-27H2,1-2H3,(H,48,49)/t35-,38+/m1/s1. The normalized spacial score (nSPS) is 14.8. The first-order valence-electron chi connectivity index (χ1n) is 18.2. The maximum atomic E-state index is 13.8. The molecule has 0 radical (unpaired) electrons. The average Bonchev–Trinajstić information content (AvgIpc) is 3.64. The lowest BCUT2D eigenvalue weighted by molar-refractivity contribution is -0.149. The third-order valence-corrected chi connectivity index (χ3v) is 9.47. The highest BCUT2D eigenvalue weighted by molar-refractivity contribution is 5.99. The highest BCUT2D eigenvalue weighted by atomic mass is 16.5. The van der Waals surface area contributed by atoms with Crippen LogP contribution in [0.4, 0.5) is 0 Å². The van der Waals surface area contributed by atoms with Gasteiger partial charge in [-0.05, 0) is 60.9 Å². The third kappa shape index (κ3) is 9.87. The number of carbonyl (C=O) groups is 3. The molecule has 0 bridgehead atoms. The van der Waals surface area contributed by atoms with Crippen LogP contribution in [0, 0.1) is 5.92 Å². The molecule has 1 fully saturated rings. The number of likely N-dealkylation sites (tertiary alicyclic amines) is 1. The Kier molecular flexibility index (Phi) is 13.3. The van der Waals surface area contributed by atoms with Crippen LogP contribution in [0.2, 0.25) is 0 Å². The summed E-state index contributed by atoms with van der Waals surface area (Å²) in [5, 5.41) is 9.74. The summed E-state index contributed by atoms with van der Waals surface area (Å²) >= 11 is 0. The topological polar surface area (TPSA) is 110 Å². The summed E-state index contributed by atoms with van der Waals surface area (Å²) < 4.78 is 5.90. The number of ketones is 1. The first kappa shape index (κ1) is 36.4. The number of aromatic nitrogens is 2. The van der Waals surface area contributed by atoms with Gasteiger partial charge in [-0.3, -0.25) is 9.59 Å². The van der Waals surface area contributed by atoms with Crippen molar-refractivity contribution < 1.29 is 24.2 Å². The van der Waals surface area contributed by atoms with Crippen LogP contribution in [0.3, 0.4) is 0 Å². The van der Waals surface area contributed by atoms with Gasteiger partial charge in [-0.1, -0.05) is 107 Å². The molecule has 3 aromatic carbocycles. The van der Waals surface area contributed by atoms with Crippen LogP contribution in [0.25, 0.3) is 22.5 Å². The molecule has 0 unspecified atom stereocenters. The average molecular weight is 676 g/mol. The van der Waals surface area contributed by atoms with Crippen molar-refractivity contribution in [1.82, 2.24) is 14.9 Å². The van der Waals surface area contributed by atoms with Crippen LogP contribution >= 0.6 is 0 Å². The zero-order valence-electron chi connectivity index (χ0n) is 29.4. The maximum absolute atomic E-state index is 13.8. The Morgan fingerprint density at radius 2 is 1.46 bits per heavy atom. The van der Waals surface area contributed by atoms with Gasteiger partial charge in [0.15, 0.2) is 11.6 Å². The molecule has 5 rings (SSSR count). The largest absolute Gasteiger partial charge is 0.494 e. The number of carboxylic acid groups (broad SMARTS) is 1. The number of amides is 1. The van der Waals surface area contributed by atoms with Crippen LogP contribution in [-0.4, -0.2) is 56.8 Å². The van der Waals surface area contributed by atoms with E-state index in [4.69, 9.17) is 4.74 Å². The molecule has 1 amide bonds. The number of ether oxygens (including phenoxy) is 1. The van der Waals surface area contributed by atoms with Crippen LogP contribution in [0.15, 0.2) is 85.2 Å². The Hall–Kier alpha value is -4.85. The van der Waals surface area contributed by atoms with Crippen molar-refractivity contribution in [3.63, 3.8) is 0 Å². The van der Waals surface area contributed by atoms with Crippen LogP contribution < -0.4 is 4.74 Å². The number of hydrogen-bond donors (Lipinski definition) is 1.